The molecule has 0 unspecified atom stereocenters. The fourth-order valence-electron chi connectivity index (χ4n) is 1.67. The van der Waals surface area contributed by atoms with E-state index in [1.165, 1.54) is 0 Å². The summed E-state index contributed by atoms with van der Waals surface area (Å²) in [6, 6.07) is 7.04. The molecule has 0 aliphatic carbocycles. The Kier molecular flexibility index (Phi) is 6.18. The van der Waals surface area contributed by atoms with Crippen molar-refractivity contribution in [1.82, 2.24) is 4.90 Å². The van der Waals surface area contributed by atoms with Gasteiger partial charge in [-0.2, -0.15) is 0 Å². The summed E-state index contributed by atoms with van der Waals surface area (Å²) in [4.78, 5) is 13.7. The van der Waals surface area contributed by atoms with Crippen LogP contribution in [0.5, 0.6) is 0 Å². The standard InChI is InChI=1S/C13H21N3O2/c1-16(9-3-2-4-10-17)13(18)11-5-7-12(15-14)8-6-11/h5-8,15,17H,2-4,9-10,14H2,1H3. The van der Waals surface area contributed by atoms with Crippen LogP contribution in [0.1, 0.15) is 29.6 Å². The number of nitrogens with two attached hydrogens (primary N) is 1. The van der Waals surface area contributed by atoms with Crippen molar-refractivity contribution in [3.63, 3.8) is 0 Å². The molecule has 0 aliphatic rings. The first-order chi connectivity index (χ1) is 8.69. The predicted octanol–water partition coefficient (Wildman–Crippen LogP) is 1.21. The van der Waals surface area contributed by atoms with Gasteiger partial charge in [0.15, 0.2) is 0 Å². The van der Waals surface area contributed by atoms with Gasteiger partial charge in [0, 0.05) is 31.5 Å². The smallest absolute Gasteiger partial charge is 0.253 e. The number of hydrazine groups is 1. The number of benzene rings is 1. The van der Waals surface area contributed by atoms with E-state index in [1.807, 2.05) is 0 Å². The maximum Gasteiger partial charge on any atom is 0.253 e. The SMILES string of the molecule is CN(CCCCCO)C(=O)c1ccc(NN)cc1. The van der Waals surface area contributed by atoms with Crippen LogP contribution in [0.3, 0.4) is 0 Å². The lowest BCUT2D eigenvalue weighted by Gasteiger charge is -2.17. The summed E-state index contributed by atoms with van der Waals surface area (Å²) in [5.41, 5.74) is 3.95. The lowest BCUT2D eigenvalue weighted by Crippen LogP contribution is -2.27. The van der Waals surface area contributed by atoms with Crippen molar-refractivity contribution in [1.29, 1.82) is 0 Å². The maximum atomic E-state index is 12.0. The van der Waals surface area contributed by atoms with Gasteiger partial charge in [-0.1, -0.05) is 0 Å². The number of aliphatic hydroxyl groups is 1. The highest BCUT2D eigenvalue weighted by atomic mass is 16.2. The van der Waals surface area contributed by atoms with E-state index in [-0.39, 0.29) is 12.5 Å². The number of nitrogens with one attached hydrogen (secondary N) is 1. The average molecular weight is 251 g/mol. The summed E-state index contributed by atoms with van der Waals surface area (Å²) in [5, 5.41) is 8.67. The molecule has 0 radical (unpaired) electrons. The molecule has 1 amide bonds. The fourth-order valence-corrected chi connectivity index (χ4v) is 1.67. The number of carbonyl (C=O) groups excluding carboxylic acids is 1. The van der Waals surface area contributed by atoms with Crippen molar-refractivity contribution >= 4 is 11.6 Å². The minimum absolute atomic E-state index is 0.00238. The van der Waals surface area contributed by atoms with Gasteiger partial charge in [-0.05, 0) is 43.5 Å². The number of amides is 1. The Balaban J connectivity index is 2.46. The Hall–Kier alpha value is -1.59. The molecule has 0 heterocycles. The summed E-state index contributed by atoms with van der Waals surface area (Å²) < 4.78 is 0. The van der Waals surface area contributed by atoms with Crippen molar-refractivity contribution < 1.29 is 9.90 Å². The summed E-state index contributed by atoms with van der Waals surface area (Å²) in [5.74, 6) is 5.27. The normalized spacial score (nSPS) is 10.2. The zero-order valence-electron chi connectivity index (χ0n) is 10.7. The van der Waals surface area contributed by atoms with Crippen molar-refractivity contribution in [2.75, 3.05) is 25.6 Å². The Morgan fingerprint density at radius 1 is 1.28 bits per heavy atom. The number of nitrogen functional groups attached to an aromatic ring is 1. The second-order valence-electron chi connectivity index (χ2n) is 4.23. The summed E-state index contributed by atoms with van der Waals surface area (Å²) in [7, 11) is 1.79. The van der Waals surface area contributed by atoms with Crippen LogP contribution >= 0.6 is 0 Å². The Morgan fingerprint density at radius 3 is 2.50 bits per heavy atom. The zero-order valence-corrected chi connectivity index (χ0v) is 10.7. The van der Waals surface area contributed by atoms with Gasteiger partial charge in [-0.15, -0.1) is 0 Å². The molecule has 100 valence electrons. The molecule has 1 aromatic carbocycles. The molecule has 0 saturated heterocycles. The highest BCUT2D eigenvalue weighted by Crippen LogP contribution is 2.10. The first kappa shape index (κ1) is 14.5. The van der Waals surface area contributed by atoms with Crippen LogP contribution < -0.4 is 11.3 Å². The van der Waals surface area contributed by atoms with Crippen molar-refractivity contribution in [3.8, 4) is 0 Å². The van der Waals surface area contributed by atoms with Gasteiger partial charge in [0.25, 0.3) is 5.91 Å². The van der Waals surface area contributed by atoms with E-state index in [1.54, 1.807) is 36.2 Å². The molecular formula is C13H21N3O2. The number of aliphatic hydroxyl groups excluding tert-OH is 1. The van der Waals surface area contributed by atoms with Crippen LogP contribution in [0.25, 0.3) is 0 Å². The van der Waals surface area contributed by atoms with Crippen LogP contribution in [-0.2, 0) is 0 Å². The molecule has 0 spiro atoms. The number of carbonyl (C=O) groups is 1. The number of hydrogen-bond acceptors (Lipinski definition) is 4. The number of nitrogens with zero attached hydrogens (tertiary/aromatic N) is 1. The van der Waals surface area contributed by atoms with Gasteiger partial charge >= 0.3 is 0 Å². The van der Waals surface area contributed by atoms with Gasteiger partial charge < -0.3 is 15.4 Å². The molecule has 1 rings (SSSR count). The quantitative estimate of drug-likeness (QED) is 0.386. The molecule has 0 fully saturated rings. The van der Waals surface area contributed by atoms with Crippen LogP contribution in [-0.4, -0.2) is 36.1 Å². The molecule has 5 heteroatoms. The molecule has 0 saturated carbocycles. The Morgan fingerprint density at radius 2 is 1.94 bits per heavy atom. The minimum atomic E-state index is 0.00238. The number of unbranched alkanes of at least 4 members (excludes halogenated alkanes) is 2. The predicted molar refractivity (Wildman–Crippen MR) is 72.1 cm³/mol. The van der Waals surface area contributed by atoms with Crippen LogP contribution in [0.4, 0.5) is 5.69 Å². The van der Waals surface area contributed by atoms with E-state index >= 15 is 0 Å². The highest BCUT2D eigenvalue weighted by molar-refractivity contribution is 5.94. The first-order valence-corrected chi connectivity index (χ1v) is 6.12. The van der Waals surface area contributed by atoms with Crippen molar-refractivity contribution in [3.05, 3.63) is 29.8 Å². The van der Waals surface area contributed by atoms with Gasteiger partial charge in [-0.25, -0.2) is 0 Å². The number of rotatable bonds is 7. The maximum absolute atomic E-state index is 12.0. The van der Waals surface area contributed by atoms with Crippen molar-refractivity contribution in [2.24, 2.45) is 5.84 Å². The third-order valence-corrected chi connectivity index (χ3v) is 2.80. The Bertz CT molecular complexity index is 365. The van der Waals surface area contributed by atoms with E-state index in [2.05, 4.69) is 5.43 Å². The van der Waals surface area contributed by atoms with Gasteiger partial charge in [-0.3, -0.25) is 10.6 Å². The van der Waals surface area contributed by atoms with Gasteiger partial charge in [0.05, 0.1) is 0 Å². The average Bonchev–Trinajstić information content (AvgIpc) is 2.42. The van der Waals surface area contributed by atoms with E-state index in [0.717, 1.165) is 24.9 Å². The number of hydrogen-bond donors (Lipinski definition) is 3. The van der Waals surface area contributed by atoms with Crippen LogP contribution in [0.15, 0.2) is 24.3 Å². The molecule has 4 N–H and O–H groups in total. The van der Waals surface area contributed by atoms with E-state index in [0.29, 0.717) is 12.1 Å². The molecule has 0 bridgehead atoms. The van der Waals surface area contributed by atoms with E-state index in [4.69, 9.17) is 10.9 Å². The summed E-state index contributed by atoms with van der Waals surface area (Å²) in [6.07, 6.45) is 2.63. The topological polar surface area (TPSA) is 78.6 Å². The van der Waals surface area contributed by atoms with Crippen LogP contribution in [0, 0.1) is 0 Å². The largest absolute Gasteiger partial charge is 0.396 e. The third kappa shape index (κ3) is 4.35. The molecule has 5 nitrogen and oxygen atoms in total. The second-order valence-corrected chi connectivity index (χ2v) is 4.23. The molecule has 1 aromatic rings. The van der Waals surface area contributed by atoms with E-state index < -0.39 is 0 Å². The first-order valence-electron chi connectivity index (χ1n) is 6.12. The third-order valence-electron chi connectivity index (χ3n) is 2.80. The molecule has 18 heavy (non-hydrogen) atoms. The summed E-state index contributed by atoms with van der Waals surface area (Å²) in [6.45, 7) is 0.918. The van der Waals surface area contributed by atoms with E-state index in [9.17, 15) is 4.79 Å². The molecular weight excluding hydrogens is 230 g/mol. The lowest BCUT2D eigenvalue weighted by atomic mass is 10.1. The van der Waals surface area contributed by atoms with Gasteiger partial charge in [0.1, 0.15) is 0 Å². The van der Waals surface area contributed by atoms with Crippen LogP contribution in [0.2, 0.25) is 0 Å². The van der Waals surface area contributed by atoms with Gasteiger partial charge in [0.2, 0.25) is 0 Å². The molecule has 0 atom stereocenters. The Labute approximate surface area is 108 Å². The zero-order chi connectivity index (χ0) is 13.4. The number of anilines is 1. The highest BCUT2D eigenvalue weighted by Gasteiger charge is 2.10. The summed E-state index contributed by atoms with van der Waals surface area (Å²) >= 11 is 0. The fraction of sp³-hybridized carbons (Fsp3) is 0.462. The lowest BCUT2D eigenvalue weighted by molar-refractivity contribution is 0.0792. The molecule has 0 aliphatic heterocycles. The molecule has 0 aromatic heterocycles. The minimum Gasteiger partial charge on any atom is -0.396 e. The van der Waals surface area contributed by atoms with Crippen molar-refractivity contribution in [2.45, 2.75) is 19.3 Å². The second kappa shape index (κ2) is 7.68. The monoisotopic (exact) mass is 251 g/mol.